The number of oxime groups is 1. The number of rotatable bonds is 8. The van der Waals surface area contributed by atoms with Gasteiger partial charge in [0, 0.05) is 11.1 Å². The summed E-state index contributed by atoms with van der Waals surface area (Å²) < 4.78 is 46.5. The van der Waals surface area contributed by atoms with Crippen molar-refractivity contribution < 1.29 is 36.9 Å². The first kappa shape index (κ1) is 22.8. The van der Waals surface area contributed by atoms with Crippen LogP contribution in [0, 0.1) is 0 Å². The average molecular weight is 428 g/mol. The number of alkyl halides is 3. The van der Waals surface area contributed by atoms with Gasteiger partial charge in [0.05, 0.1) is 18.9 Å². The first-order valence-electron chi connectivity index (χ1n) is 8.80. The maximum absolute atomic E-state index is 12.5. The van der Waals surface area contributed by atoms with Crippen molar-refractivity contribution in [2.45, 2.75) is 39.1 Å². The number of esters is 1. The fraction of sp³-hybridized carbons (Fsp3) is 0.389. The lowest BCUT2D eigenvalue weighted by atomic mass is 10.1. The molecule has 1 aromatic heterocycles. The number of benzene rings is 1. The zero-order valence-corrected chi connectivity index (χ0v) is 16.3. The Labute approximate surface area is 169 Å². The van der Waals surface area contributed by atoms with E-state index in [0.717, 1.165) is 0 Å². The van der Waals surface area contributed by atoms with Crippen molar-refractivity contribution in [3.05, 3.63) is 35.7 Å². The molecule has 1 N–H and O–H groups in total. The number of hydrogen-bond donors (Lipinski definition) is 1. The van der Waals surface area contributed by atoms with E-state index in [0.29, 0.717) is 0 Å². The Balaban J connectivity index is 1.92. The predicted molar refractivity (Wildman–Crippen MR) is 97.3 cm³/mol. The van der Waals surface area contributed by atoms with Crippen molar-refractivity contribution in [3.8, 4) is 11.4 Å². The van der Waals surface area contributed by atoms with Crippen LogP contribution in [0.2, 0.25) is 0 Å². The van der Waals surface area contributed by atoms with E-state index in [9.17, 15) is 22.8 Å². The molecule has 0 saturated heterocycles. The molecule has 1 aromatic carbocycles. The van der Waals surface area contributed by atoms with E-state index >= 15 is 0 Å². The molecule has 1 amide bonds. The lowest BCUT2D eigenvalue weighted by Gasteiger charge is -2.11. The summed E-state index contributed by atoms with van der Waals surface area (Å²) in [4.78, 5) is 31.9. The topological polar surface area (TPSA) is 116 Å². The molecule has 2 aromatic rings. The number of ether oxygens (including phenoxy) is 1. The van der Waals surface area contributed by atoms with Gasteiger partial charge in [-0.25, -0.2) is 4.79 Å². The maximum atomic E-state index is 12.5. The van der Waals surface area contributed by atoms with Crippen molar-refractivity contribution in [2.24, 2.45) is 5.16 Å². The van der Waals surface area contributed by atoms with E-state index in [-0.39, 0.29) is 23.6 Å². The van der Waals surface area contributed by atoms with Crippen molar-refractivity contribution in [3.63, 3.8) is 0 Å². The molecular weight excluding hydrogens is 409 g/mol. The van der Waals surface area contributed by atoms with E-state index in [4.69, 9.17) is 9.57 Å². The second-order valence-electron chi connectivity index (χ2n) is 6.01. The van der Waals surface area contributed by atoms with Crippen LogP contribution < -0.4 is 5.32 Å². The van der Waals surface area contributed by atoms with Gasteiger partial charge in [-0.05, 0) is 32.9 Å². The third-order valence-corrected chi connectivity index (χ3v) is 3.55. The highest BCUT2D eigenvalue weighted by atomic mass is 19.4. The zero-order valence-electron chi connectivity index (χ0n) is 16.3. The first-order valence-corrected chi connectivity index (χ1v) is 8.80. The summed E-state index contributed by atoms with van der Waals surface area (Å²) in [5.41, 5.74) is 0.501. The van der Waals surface area contributed by atoms with Gasteiger partial charge in [0.25, 0.3) is 5.91 Å². The van der Waals surface area contributed by atoms with Gasteiger partial charge >= 0.3 is 18.0 Å². The Morgan fingerprint density at radius 2 is 1.93 bits per heavy atom. The monoisotopic (exact) mass is 428 g/mol. The van der Waals surface area contributed by atoms with Gasteiger partial charge in [-0.1, -0.05) is 22.4 Å². The molecule has 30 heavy (non-hydrogen) atoms. The number of aromatic nitrogens is 2. The van der Waals surface area contributed by atoms with Crippen molar-refractivity contribution in [2.75, 3.05) is 6.61 Å². The molecule has 0 radical (unpaired) electrons. The smallest absolute Gasteiger partial charge is 0.463 e. The fourth-order valence-corrected chi connectivity index (χ4v) is 2.07. The normalized spacial score (nSPS) is 13.7. The average Bonchev–Trinajstić information content (AvgIpc) is 3.19. The molecule has 2 rings (SSSR count). The minimum absolute atomic E-state index is 0.220. The number of carbonyl (C=O) groups is 2. The summed E-state index contributed by atoms with van der Waals surface area (Å²) in [5, 5.41) is 9.54. The zero-order chi connectivity index (χ0) is 22.3. The van der Waals surface area contributed by atoms with Crippen LogP contribution >= 0.6 is 0 Å². The third kappa shape index (κ3) is 6.29. The largest absolute Gasteiger partial charge is 0.471 e. The molecule has 0 fully saturated rings. The summed E-state index contributed by atoms with van der Waals surface area (Å²) in [6, 6.07) is 5.05. The summed E-state index contributed by atoms with van der Waals surface area (Å²) >= 11 is 0. The van der Waals surface area contributed by atoms with E-state index in [1.165, 1.54) is 37.4 Å². The van der Waals surface area contributed by atoms with Gasteiger partial charge in [-0.3, -0.25) is 4.79 Å². The van der Waals surface area contributed by atoms with Gasteiger partial charge in [0.1, 0.15) is 0 Å². The Bertz CT molecular complexity index is 896. The highest BCUT2D eigenvalue weighted by Gasteiger charge is 2.38. The van der Waals surface area contributed by atoms with E-state index < -0.39 is 36.1 Å². The van der Waals surface area contributed by atoms with E-state index in [1.54, 1.807) is 13.8 Å². The quantitative estimate of drug-likeness (QED) is 0.390. The van der Waals surface area contributed by atoms with Gasteiger partial charge in [0.2, 0.25) is 11.9 Å². The van der Waals surface area contributed by atoms with Crippen LogP contribution in [0.15, 0.2) is 33.9 Å². The second kappa shape index (κ2) is 9.85. The minimum Gasteiger partial charge on any atom is -0.463 e. The number of nitrogens with zero attached hydrogens (tertiary/aromatic N) is 3. The summed E-state index contributed by atoms with van der Waals surface area (Å²) in [6.07, 6.45) is -4.33. The van der Waals surface area contributed by atoms with Gasteiger partial charge in [0.15, 0.2) is 0 Å². The number of hydrogen-bond acceptors (Lipinski definition) is 8. The third-order valence-electron chi connectivity index (χ3n) is 3.55. The van der Waals surface area contributed by atoms with Crippen molar-refractivity contribution >= 4 is 18.1 Å². The second-order valence-corrected chi connectivity index (χ2v) is 6.01. The summed E-state index contributed by atoms with van der Waals surface area (Å²) in [5.74, 6) is -2.71. The van der Waals surface area contributed by atoms with Crippen LogP contribution in [0.1, 0.15) is 37.0 Å². The van der Waals surface area contributed by atoms with Gasteiger partial charge in [-0.15, -0.1) is 0 Å². The van der Waals surface area contributed by atoms with Crippen LogP contribution in [0.3, 0.4) is 0 Å². The molecule has 0 saturated carbocycles. The highest BCUT2D eigenvalue weighted by molar-refractivity contribution is 5.96. The van der Waals surface area contributed by atoms with Crippen LogP contribution in [-0.4, -0.2) is 47.0 Å². The van der Waals surface area contributed by atoms with E-state index in [1.807, 2.05) is 0 Å². The van der Waals surface area contributed by atoms with Crippen LogP contribution in [0.5, 0.6) is 0 Å². The number of halogens is 3. The van der Waals surface area contributed by atoms with Gasteiger partial charge in [-0.2, -0.15) is 18.2 Å². The Hall–Kier alpha value is -3.44. The van der Waals surface area contributed by atoms with Crippen LogP contribution in [0.25, 0.3) is 11.4 Å². The standard InChI is InChI=1S/C18H19F3N4O5/c1-4-28-16(27)11(3)29-22-9-10(2)23-15(26)13-7-5-12(6-8-13)14-24-17(30-25-14)18(19,20)21/h5-11H,4H2,1-3H3,(H,23,26). The molecule has 9 nitrogen and oxygen atoms in total. The highest BCUT2D eigenvalue weighted by Crippen LogP contribution is 2.29. The molecule has 1 heterocycles. The Morgan fingerprint density at radius 3 is 2.50 bits per heavy atom. The van der Waals surface area contributed by atoms with E-state index in [2.05, 4.69) is 25.1 Å². The molecule has 0 aliphatic carbocycles. The summed E-state index contributed by atoms with van der Waals surface area (Å²) in [6.45, 7) is 4.99. The molecule has 162 valence electrons. The molecule has 12 heteroatoms. The molecule has 0 aliphatic heterocycles. The predicted octanol–water partition coefficient (Wildman–Crippen LogP) is 2.83. The van der Waals surface area contributed by atoms with Crippen molar-refractivity contribution in [1.82, 2.24) is 15.5 Å². The van der Waals surface area contributed by atoms with Crippen molar-refractivity contribution in [1.29, 1.82) is 0 Å². The minimum atomic E-state index is -4.74. The lowest BCUT2D eigenvalue weighted by molar-refractivity contribution is -0.159. The Kier molecular flexibility index (Phi) is 7.50. The molecule has 0 aliphatic rings. The van der Waals surface area contributed by atoms with Crippen LogP contribution in [-0.2, 0) is 20.5 Å². The SMILES string of the molecule is CCOC(=O)C(C)ON=CC(C)NC(=O)c1ccc(-c2noc(C(F)(F)F)n2)cc1. The Morgan fingerprint density at radius 1 is 1.27 bits per heavy atom. The molecule has 0 spiro atoms. The summed E-state index contributed by atoms with van der Waals surface area (Å²) in [7, 11) is 0. The molecule has 2 unspecified atom stereocenters. The lowest BCUT2D eigenvalue weighted by Crippen LogP contribution is -2.33. The van der Waals surface area contributed by atoms with Gasteiger partial charge < -0.3 is 19.4 Å². The number of carbonyl (C=O) groups excluding carboxylic acids is 2. The number of amides is 1. The van der Waals surface area contributed by atoms with Crippen LogP contribution in [0.4, 0.5) is 13.2 Å². The fourth-order valence-electron chi connectivity index (χ4n) is 2.07. The first-order chi connectivity index (χ1) is 14.1. The maximum Gasteiger partial charge on any atom is 0.471 e. The molecule has 2 atom stereocenters. The molecular formula is C18H19F3N4O5. The molecule has 0 bridgehead atoms. The number of nitrogens with one attached hydrogen (secondary N) is 1.